The Bertz CT molecular complexity index is 167. The molecule has 0 amide bonds. The summed E-state index contributed by atoms with van der Waals surface area (Å²) in [5, 5.41) is 0. The fourth-order valence-corrected chi connectivity index (χ4v) is 1.51. The molecule has 0 heterocycles. The van der Waals surface area contributed by atoms with Gasteiger partial charge in [-0.3, -0.25) is 4.79 Å². The Kier molecular flexibility index (Phi) is 4.62. The molecule has 78 valence electrons. The maximum Gasteiger partial charge on any atom is 0.139 e. The van der Waals surface area contributed by atoms with Gasteiger partial charge >= 0.3 is 0 Å². The van der Waals surface area contributed by atoms with Gasteiger partial charge in [0.1, 0.15) is 5.78 Å². The summed E-state index contributed by atoms with van der Waals surface area (Å²) in [5.41, 5.74) is 5.79. The third-order valence-corrected chi connectivity index (χ3v) is 2.11. The quantitative estimate of drug-likeness (QED) is 0.729. The number of hydrogen-bond acceptors (Lipinski definition) is 2. The van der Waals surface area contributed by atoms with Crippen molar-refractivity contribution in [3.05, 3.63) is 0 Å². The van der Waals surface area contributed by atoms with E-state index < -0.39 is 0 Å². The Morgan fingerprint density at radius 1 is 1.31 bits per heavy atom. The lowest BCUT2D eigenvalue weighted by atomic mass is 9.80. The summed E-state index contributed by atoms with van der Waals surface area (Å²) < 4.78 is 0. The molecule has 13 heavy (non-hydrogen) atoms. The van der Waals surface area contributed by atoms with Crippen molar-refractivity contribution in [2.24, 2.45) is 23.0 Å². The van der Waals surface area contributed by atoms with Crippen molar-refractivity contribution in [3.63, 3.8) is 0 Å². The summed E-state index contributed by atoms with van der Waals surface area (Å²) in [6, 6.07) is 0. The molecule has 0 aliphatic heterocycles. The molecule has 0 aromatic heterocycles. The molecule has 0 saturated heterocycles. The topological polar surface area (TPSA) is 43.1 Å². The molecule has 0 spiro atoms. The molecular formula is C11H23NO. The van der Waals surface area contributed by atoms with Gasteiger partial charge in [0.05, 0.1) is 0 Å². The van der Waals surface area contributed by atoms with E-state index in [-0.39, 0.29) is 17.3 Å². The molecule has 2 nitrogen and oxygen atoms in total. The highest BCUT2D eigenvalue weighted by atomic mass is 16.1. The van der Waals surface area contributed by atoms with E-state index in [0.717, 1.165) is 6.42 Å². The molecule has 0 fully saturated rings. The maximum atomic E-state index is 11.7. The van der Waals surface area contributed by atoms with Gasteiger partial charge in [-0.2, -0.15) is 0 Å². The van der Waals surface area contributed by atoms with Crippen molar-refractivity contribution < 1.29 is 4.79 Å². The molecule has 0 aliphatic carbocycles. The number of carbonyl (C=O) groups excluding carboxylic acids is 1. The average molecular weight is 185 g/mol. The molecular weight excluding hydrogens is 162 g/mol. The monoisotopic (exact) mass is 185 g/mol. The van der Waals surface area contributed by atoms with Crippen LogP contribution in [0.1, 0.15) is 41.0 Å². The first-order chi connectivity index (χ1) is 5.78. The van der Waals surface area contributed by atoms with E-state index in [2.05, 4.69) is 20.8 Å². The Hall–Kier alpha value is -0.370. The fraction of sp³-hybridized carbons (Fsp3) is 0.909. The van der Waals surface area contributed by atoms with Gasteiger partial charge < -0.3 is 5.73 Å². The minimum absolute atomic E-state index is 0.0417. The molecule has 1 unspecified atom stereocenters. The van der Waals surface area contributed by atoms with Gasteiger partial charge in [-0.1, -0.05) is 34.6 Å². The summed E-state index contributed by atoms with van der Waals surface area (Å²) in [6.45, 7) is 10.8. The van der Waals surface area contributed by atoms with Crippen LogP contribution in [0.15, 0.2) is 0 Å². The van der Waals surface area contributed by atoms with Crippen LogP contribution in [0, 0.1) is 17.3 Å². The number of ketones is 1. The summed E-state index contributed by atoms with van der Waals surface area (Å²) in [7, 11) is 0. The summed E-state index contributed by atoms with van der Waals surface area (Å²) in [4.78, 5) is 11.7. The summed E-state index contributed by atoms with van der Waals surface area (Å²) in [5.74, 6) is 0.452. The minimum Gasteiger partial charge on any atom is -0.330 e. The van der Waals surface area contributed by atoms with Gasteiger partial charge in [0.15, 0.2) is 0 Å². The second kappa shape index (κ2) is 4.75. The Morgan fingerprint density at radius 2 is 1.77 bits per heavy atom. The highest BCUT2D eigenvalue weighted by Crippen LogP contribution is 2.25. The molecule has 1 atom stereocenters. The first kappa shape index (κ1) is 12.6. The zero-order valence-corrected chi connectivity index (χ0v) is 9.55. The lowest BCUT2D eigenvalue weighted by molar-refractivity contribution is -0.126. The van der Waals surface area contributed by atoms with E-state index >= 15 is 0 Å². The normalized spacial score (nSPS) is 14.7. The highest BCUT2D eigenvalue weighted by Gasteiger charge is 2.24. The number of hydrogen-bond donors (Lipinski definition) is 1. The molecule has 0 bridgehead atoms. The molecule has 0 aromatic rings. The van der Waals surface area contributed by atoms with E-state index in [1.165, 1.54) is 0 Å². The van der Waals surface area contributed by atoms with Crippen LogP contribution in [0.5, 0.6) is 0 Å². The molecule has 0 aliphatic rings. The largest absolute Gasteiger partial charge is 0.330 e. The Balaban J connectivity index is 4.27. The van der Waals surface area contributed by atoms with E-state index in [1.54, 1.807) is 0 Å². The minimum atomic E-state index is 0.0417. The van der Waals surface area contributed by atoms with E-state index in [0.29, 0.717) is 12.3 Å². The van der Waals surface area contributed by atoms with Gasteiger partial charge in [0.2, 0.25) is 0 Å². The maximum absolute atomic E-state index is 11.7. The van der Waals surface area contributed by atoms with Gasteiger partial charge in [0, 0.05) is 18.4 Å². The Labute approximate surface area is 81.9 Å². The third-order valence-electron chi connectivity index (χ3n) is 2.11. The average Bonchev–Trinajstić information content (AvgIpc) is 1.97. The summed E-state index contributed by atoms with van der Waals surface area (Å²) in [6.07, 6.45) is 0.889. The molecule has 0 rings (SSSR count). The molecule has 2 N–H and O–H groups in total. The van der Waals surface area contributed by atoms with Crippen molar-refractivity contribution >= 4 is 5.78 Å². The van der Waals surface area contributed by atoms with Crippen LogP contribution in [0.3, 0.4) is 0 Å². The first-order valence-electron chi connectivity index (χ1n) is 5.01. The SMILES string of the molecule is CC(C)C(=O)C(CN)CC(C)(C)C. The van der Waals surface area contributed by atoms with Crippen LogP contribution in [0.25, 0.3) is 0 Å². The van der Waals surface area contributed by atoms with Crippen LogP contribution in [0.2, 0.25) is 0 Å². The standard InChI is InChI=1S/C11H23NO/c1-8(2)10(13)9(7-12)6-11(3,4)5/h8-9H,6-7,12H2,1-5H3. The summed E-state index contributed by atoms with van der Waals surface area (Å²) >= 11 is 0. The zero-order valence-electron chi connectivity index (χ0n) is 9.55. The lowest BCUT2D eigenvalue weighted by Crippen LogP contribution is -2.30. The van der Waals surface area contributed by atoms with Gasteiger partial charge in [-0.05, 0) is 11.8 Å². The van der Waals surface area contributed by atoms with Crippen molar-refractivity contribution in [1.82, 2.24) is 0 Å². The van der Waals surface area contributed by atoms with Gasteiger partial charge in [0.25, 0.3) is 0 Å². The fourth-order valence-electron chi connectivity index (χ4n) is 1.51. The Morgan fingerprint density at radius 3 is 2.00 bits per heavy atom. The number of carbonyl (C=O) groups is 1. The highest BCUT2D eigenvalue weighted by molar-refractivity contribution is 5.83. The second-order valence-corrected chi connectivity index (χ2v) is 5.25. The van der Waals surface area contributed by atoms with Gasteiger partial charge in [-0.25, -0.2) is 0 Å². The third kappa shape index (κ3) is 5.04. The smallest absolute Gasteiger partial charge is 0.139 e. The predicted molar refractivity (Wildman–Crippen MR) is 56.5 cm³/mol. The van der Waals surface area contributed by atoms with Crippen molar-refractivity contribution in [1.29, 1.82) is 0 Å². The van der Waals surface area contributed by atoms with Gasteiger partial charge in [-0.15, -0.1) is 0 Å². The predicted octanol–water partition coefficient (Wildman–Crippen LogP) is 2.22. The van der Waals surface area contributed by atoms with E-state index in [9.17, 15) is 4.79 Å². The van der Waals surface area contributed by atoms with Crippen molar-refractivity contribution in [2.75, 3.05) is 6.54 Å². The van der Waals surface area contributed by atoms with E-state index in [4.69, 9.17) is 5.73 Å². The van der Waals surface area contributed by atoms with Crippen molar-refractivity contribution in [3.8, 4) is 0 Å². The van der Waals surface area contributed by atoms with E-state index in [1.807, 2.05) is 13.8 Å². The van der Waals surface area contributed by atoms with Crippen molar-refractivity contribution in [2.45, 2.75) is 41.0 Å². The lowest BCUT2D eigenvalue weighted by Gasteiger charge is -2.25. The number of nitrogens with two attached hydrogens (primary N) is 1. The molecule has 0 saturated carbocycles. The van der Waals surface area contributed by atoms with Crippen LogP contribution in [-0.2, 0) is 4.79 Å². The van der Waals surface area contributed by atoms with Crippen LogP contribution in [-0.4, -0.2) is 12.3 Å². The number of rotatable bonds is 4. The van der Waals surface area contributed by atoms with Crippen LogP contribution < -0.4 is 5.73 Å². The number of Topliss-reactive ketones (excluding diaryl/α,β-unsaturated/α-hetero) is 1. The second-order valence-electron chi connectivity index (χ2n) is 5.25. The zero-order chi connectivity index (χ0) is 10.6. The molecule has 0 radical (unpaired) electrons. The van der Waals surface area contributed by atoms with Crippen LogP contribution >= 0.6 is 0 Å². The molecule has 0 aromatic carbocycles. The van der Waals surface area contributed by atoms with Crippen LogP contribution in [0.4, 0.5) is 0 Å². The first-order valence-corrected chi connectivity index (χ1v) is 5.01. The molecule has 2 heteroatoms.